The normalized spacial score (nSPS) is 11.5. The smallest absolute Gasteiger partial charge is 0.265 e. The number of ether oxygens (including phenoxy) is 2. The predicted octanol–water partition coefficient (Wildman–Crippen LogP) is 5.80. The topological polar surface area (TPSA) is 47.6 Å². The van der Waals surface area contributed by atoms with Gasteiger partial charge in [-0.3, -0.25) is 4.79 Å². The standard InChI is InChI=1S/C26H29NO3/c1-3-25(30-23-16-14-20(2)15-17-23)26(28)27-22-12-7-13-24(19-22)29-18-8-11-21-9-5-4-6-10-21/h4-7,9-10,12-17,19,25H,3,8,11,18H2,1-2H3,(H,27,28). The van der Waals surface area contributed by atoms with Gasteiger partial charge >= 0.3 is 0 Å². The lowest BCUT2D eigenvalue weighted by atomic mass is 10.1. The molecular weight excluding hydrogens is 374 g/mol. The van der Waals surface area contributed by atoms with Crippen molar-refractivity contribution in [1.82, 2.24) is 0 Å². The molecule has 1 unspecified atom stereocenters. The number of rotatable bonds is 10. The molecule has 3 aromatic rings. The minimum Gasteiger partial charge on any atom is -0.494 e. The zero-order valence-electron chi connectivity index (χ0n) is 17.6. The van der Waals surface area contributed by atoms with Crippen LogP contribution in [0.2, 0.25) is 0 Å². The molecule has 4 heteroatoms. The van der Waals surface area contributed by atoms with Gasteiger partial charge in [-0.1, -0.05) is 61.0 Å². The Morgan fingerprint density at radius 1 is 0.933 bits per heavy atom. The minimum absolute atomic E-state index is 0.167. The number of hydrogen-bond donors (Lipinski definition) is 1. The van der Waals surface area contributed by atoms with Gasteiger partial charge in [0.25, 0.3) is 5.91 Å². The van der Waals surface area contributed by atoms with Gasteiger partial charge in [0, 0.05) is 11.8 Å². The molecule has 1 atom stereocenters. The van der Waals surface area contributed by atoms with Crippen molar-refractivity contribution < 1.29 is 14.3 Å². The highest BCUT2D eigenvalue weighted by atomic mass is 16.5. The van der Waals surface area contributed by atoms with Crippen LogP contribution in [0.15, 0.2) is 78.9 Å². The Bertz CT molecular complexity index is 923. The van der Waals surface area contributed by atoms with Crippen LogP contribution in [0.3, 0.4) is 0 Å². The van der Waals surface area contributed by atoms with E-state index in [4.69, 9.17) is 9.47 Å². The third-order valence-corrected chi connectivity index (χ3v) is 4.79. The van der Waals surface area contributed by atoms with Gasteiger partial charge in [0.2, 0.25) is 0 Å². The van der Waals surface area contributed by atoms with Crippen molar-refractivity contribution in [3.8, 4) is 11.5 Å². The van der Waals surface area contributed by atoms with Crippen molar-refractivity contribution in [2.75, 3.05) is 11.9 Å². The first-order valence-electron chi connectivity index (χ1n) is 10.4. The van der Waals surface area contributed by atoms with Gasteiger partial charge in [0.15, 0.2) is 6.10 Å². The van der Waals surface area contributed by atoms with E-state index in [1.165, 1.54) is 5.56 Å². The highest BCUT2D eigenvalue weighted by Crippen LogP contribution is 2.20. The summed E-state index contributed by atoms with van der Waals surface area (Å²) in [6.45, 7) is 4.58. The van der Waals surface area contributed by atoms with Crippen LogP contribution >= 0.6 is 0 Å². The molecule has 0 heterocycles. The molecule has 0 aliphatic carbocycles. The van der Waals surface area contributed by atoms with E-state index >= 15 is 0 Å². The summed E-state index contributed by atoms with van der Waals surface area (Å²) >= 11 is 0. The van der Waals surface area contributed by atoms with E-state index in [1.54, 1.807) is 0 Å². The van der Waals surface area contributed by atoms with E-state index in [-0.39, 0.29) is 5.91 Å². The molecule has 0 aliphatic rings. The summed E-state index contributed by atoms with van der Waals surface area (Å²) in [4.78, 5) is 12.7. The van der Waals surface area contributed by atoms with Crippen LogP contribution in [-0.4, -0.2) is 18.6 Å². The van der Waals surface area contributed by atoms with Crippen molar-refractivity contribution >= 4 is 11.6 Å². The fourth-order valence-electron chi connectivity index (χ4n) is 3.10. The molecule has 156 valence electrons. The van der Waals surface area contributed by atoms with Crippen LogP contribution in [0.25, 0.3) is 0 Å². The summed E-state index contributed by atoms with van der Waals surface area (Å²) in [5, 5.41) is 2.94. The molecule has 0 radical (unpaired) electrons. The van der Waals surface area contributed by atoms with Crippen LogP contribution in [0.5, 0.6) is 11.5 Å². The molecule has 0 saturated heterocycles. The van der Waals surface area contributed by atoms with E-state index in [2.05, 4.69) is 29.6 Å². The van der Waals surface area contributed by atoms with Gasteiger partial charge in [0.05, 0.1) is 6.61 Å². The van der Waals surface area contributed by atoms with Gasteiger partial charge in [-0.2, -0.15) is 0 Å². The second-order valence-electron chi connectivity index (χ2n) is 7.28. The first-order valence-corrected chi connectivity index (χ1v) is 10.4. The Hall–Kier alpha value is -3.27. The molecule has 1 amide bonds. The Morgan fingerprint density at radius 3 is 2.43 bits per heavy atom. The molecule has 0 aromatic heterocycles. The first kappa shape index (κ1) is 21.4. The minimum atomic E-state index is -0.553. The molecule has 30 heavy (non-hydrogen) atoms. The molecule has 0 saturated carbocycles. The Morgan fingerprint density at radius 2 is 1.70 bits per heavy atom. The number of nitrogens with one attached hydrogen (secondary N) is 1. The molecule has 1 N–H and O–H groups in total. The predicted molar refractivity (Wildman–Crippen MR) is 121 cm³/mol. The average Bonchev–Trinajstić information content (AvgIpc) is 2.77. The molecule has 3 rings (SSSR count). The number of hydrogen-bond acceptors (Lipinski definition) is 3. The molecule has 0 bridgehead atoms. The Labute approximate surface area is 178 Å². The van der Waals surface area contributed by atoms with E-state index in [0.717, 1.165) is 24.2 Å². The average molecular weight is 404 g/mol. The maximum atomic E-state index is 12.7. The lowest BCUT2D eigenvalue weighted by Crippen LogP contribution is -2.32. The quantitative estimate of drug-likeness (QED) is 0.435. The molecule has 0 spiro atoms. The fourth-order valence-corrected chi connectivity index (χ4v) is 3.10. The number of carbonyl (C=O) groups excluding carboxylic acids is 1. The Kier molecular flexibility index (Phi) is 7.90. The molecule has 0 aliphatic heterocycles. The number of anilines is 1. The van der Waals surface area contributed by atoms with Crippen LogP contribution in [0.1, 0.15) is 30.9 Å². The second-order valence-corrected chi connectivity index (χ2v) is 7.28. The van der Waals surface area contributed by atoms with Crippen LogP contribution < -0.4 is 14.8 Å². The van der Waals surface area contributed by atoms with Crippen molar-refractivity contribution in [2.45, 2.75) is 39.2 Å². The molecular formula is C26H29NO3. The number of carbonyl (C=O) groups is 1. The van der Waals surface area contributed by atoms with Gasteiger partial charge in [-0.15, -0.1) is 0 Å². The summed E-state index contributed by atoms with van der Waals surface area (Å²) in [6.07, 6.45) is 1.94. The Balaban J connectivity index is 1.50. The highest BCUT2D eigenvalue weighted by molar-refractivity contribution is 5.94. The number of amides is 1. The van der Waals surface area contributed by atoms with Crippen molar-refractivity contribution in [2.24, 2.45) is 0 Å². The van der Waals surface area contributed by atoms with Crippen molar-refractivity contribution in [3.63, 3.8) is 0 Å². The summed E-state index contributed by atoms with van der Waals surface area (Å²) in [5.74, 6) is 1.27. The van der Waals surface area contributed by atoms with Gasteiger partial charge < -0.3 is 14.8 Å². The molecule has 0 fully saturated rings. The monoisotopic (exact) mass is 403 g/mol. The fraction of sp³-hybridized carbons (Fsp3) is 0.269. The third kappa shape index (κ3) is 6.66. The van der Waals surface area contributed by atoms with Gasteiger partial charge in [-0.25, -0.2) is 0 Å². The SMILES string of the molecule is CCC(Oc1ccc(C)cc1)C(=O)Nc1cccc(OCCCc2ccccc2)c1. The maximum absolute atomic E-state index is 12.7. The van der Waals surface area contributed by atoms with E-state index in [1.807, 2.05) is 68.4 Å². The summed E-state index contributed by atoms with van der Waals surface area (Å²) in [5.41, 5.74) is 3.16. The first-order chi connectivity index (χ1) is 14.6. The zero-order chi connectivity index (χ0) is 21.2. The van der Waals surface area contributed by atoms with Crippen molar-refractivity contribution in [1.29, 1.82) is 0 Å². The summed E-state index contributed by atoms with van der Waals surface area (Å²) < 4.78 is 11.7. The largest absolute Gasteiger partial charge is 0.494 e. The second kappa shape index (κ2) is 11.1. The maximum Gasteiger partial charge on any atom is 0.265 e. The number of benzene rings is 3. The van der Waals surface area contributed by atoms with E-state index < -0.39 is 6.10 Å². The molecule has 3 aromatic carbocycles. The van der Waals surface area contributed by atoms with E-state index in [0.29, 0.717) is 24.5 Å². The van der Waals surface area contributed by atoms with Gasteiger partial charge in [0.1, 0.15) is 11.5 Å². The summed E-state index contributed by atoms with van der Waals surface area (Å²) in [7, 11) is 0. The zero-order valence-corrected chi connectivity index (χ0v) is 17.6. The van der Waals surface area contributed by atoms with Crippen LogP contribution in [0, 0.1) is 6.92 Å². The molecule has 4 nitrogen and oxygen atoms in total. The van der Waals surface area contributed by atoms with Crippen molar-refractivity contribution in [3.05, 3.63) is 90.0 Å². The van der Waals surface area contributed by atoms with Crippen LogP contribution in [-0.2, 0) is 11.2 Å². The lowest BCUT2D eigenvalue weighted by Gasteiger charge is -2.18. The lowest BCUT2D eigenvalue weighted by molar-refractivity contribution is -0.122. The third-order valence-electron chi connectivity index (χ3n) is 4.79. The highest BCUT2D eigenvalue weighted by Gasteiger charge is 2.18. The van der Waals surface area contributed by atoms with E-state index in [9.17, 15) is 4.79 Å². The summed E-state index contributed by atoms with van der Waals surface area (Å²) in [6, 6.07) is 25.6. The van der Waals surface area contributed by atoms with Crippen LogP contribution in [0.4, 0.5) is 5.69 Å². The van der Waals surface area contributed by atoms with Gasteiger partial charge in [-0.05, 0) is 56.0 Å². The number of aryl methyl sites for hydroxylation is 2.